The Morgan fingerprint density at radius 3 is 3.12 bits per heavy atom. The molecule has 2 rings (SSSR count). The summed E-state index contributed by atoms with van der Waals surface area (Å²) >= 11 is 5.84. The minimum absolute atomic E-state index is 0.0431. The van der Waals surface area contributed by atoms with E-state index in [0.29, 0.717) is 16.5 Å². The molecule has 1 aromatic rings. The highest BCUT2D eigenvalue weighted by molar-refractivity contribution is 6.30. The van der Waals surface area contributed by atoms with Gasteiger partial charge in [-0.25, -0.2) is 0 Å². The van der Waals surface area contributed by atoms with E-state index in [4.69, 9.17) is 11.6 Å². The van der Waals surface area contributed by atoms with Crippen LogP contribution < -0.4 is 10.6 Å². The summed E-state index contributed by atoms with van der Waals surface area (Å²) in [5, 5.41) is 6.84. The Hall–Kier alpha value is -1.06. The van der Waals surface area contributed by atoms with Gasteiger partial charge in [-0.3, -0.25) is 4.79 Å². The molecule has 17 heavy (non-hydrogen) atoms. The smallest absolute Gasteiger partial charge is 0.251 e. The van der Waals surface area contributed by atoms with Crippen molar-refractivity contribution in [1.29, 1.82) is 0 Å². The first-order valence-electron chi connectivity index (χ1n) is 6.00. The maximum absolute atomic E-state index is 11.8. The van der Waals surface area contributed by atoms with Gasteiger partial charge in [0.2, 0.25) is 0 Å². The van der Waals surface area contributed by atoms with Crippen LogP contribution in [0.2, 0.25) is 5.02 Å². The third-order valence-electron chi connectivity index (χ3n) is 3.09. The molecule has 1 unspecified atom stereocenters. The van der Waals surface area contributed by atoms with Crippen molar-refractivity contribution in [3.63, 3.8) is 0 Å². The lowest BCUT2D eigenvalue weighted by Gasteiger charge is -2.09. The molecule has 2 N–H and O–H groups in total. The number of nitrogens with one attached hydrogen (secondary N) is 2. The predicted molar refractivity (Wildman–Crippen MR) is 69.4 cm³/mol. The van der Waals surface area contributed by atoms with Crippen molar-refractivity contribution >= 4 is 17.5 Å². The highest BCUT2D eigenvalue weighted by Gasteiger charge is 2.14. The first-order valence-corrected chi connectivity index (χ1v) is 6.38. The molecule has 0 aromatic heterocycles. The normalized spacial score (nSPS) is 19.2. The molecule has 1 saturated heterocycles. The van der Waals surface area contributed by atoms with Gasteiger partial charge < -0.3 is 10.6 Å². The van der Waals surface area contributed by atoms with Crippen molar-refractivity contribution in [3.05, 3.63) is 34.9 Å². The number of amides is 1. The summed E-state index contributed by atoms with van der Waals surface area (Å²) in [5.41, 5.74) is 0.627. The summed E-state index contributed by atoms with van der Waals surface area (Å²) < 4.78 is 0. The first kappa shape index (κ1) is 12.4. The van der Waals surface area contributed by atoms with Gasteiger partial charge in [0.1, 0.15) is 0 Å². The van der Waals surface area contributed by atoms with Gasteiger partial charge in [0.25, 0.3) is 5.91 Å². The van der Waals surface area contributed by atoms with E-state index in [-0.39, 0.29) is 5.91 Å². The predicted octanol–water partition coefficient (Wildman–Crippen LogP) is 2.07. The molecule has 0 bridgehead atoms. The van der Waals surface area contributed by atoms with Crippen molar-refractivity contribution < 1.29 is 4.79 Å². The van der Waals surface area contributed by atoms with Crippen LogP contribution in [0, 0.1) is 5.92 Å². The minimum Gasteiger partial charge on any atom is -0.352 e. The topological polar surface area (TPSA) is 41.1 Å². The fourth-order valence-electron chi connectivity index (χ4n) is 2.08. The van der Waals surface area contributed by atoms with Gasteiger partial charge in [-0.05, 0) is 50.0 Å². The van der Waals surface area contributed by atoms with Crippen LogP contribution in [-0.4, -0.2) is 25.5 Å². The van der Waals surface area contributed by atoms with E-state index >= 15 is 0 Å². The second-order valence-electron chi connectivity index (χ2n) is 4.41. The zero-order valence-corrected chi connectivity index (χ0v) is 10.5. The average molecular weight is 253 g/mol. The van der Waals surface area contributed by atoms with Gasteiger partial charge in [-0.15, -0.1) is 0 Å². The second kappa shape index (κ2) is 6.03. The van der Waals surface area contributed by atoms with Crippen molar-refractivity contribution in [3.8, 4) is 0 Å². The number of carbonyl (C=O) groups is 1. The van der Waals surface area contributed by atoms with Crippen LogP contribution >= 0.6 is 11.6 Å². The SMILES string of the molecule is O=C(NCCC1CCNC1)c1cccc(Cl)c1. The molecule has 1 aliphatic heterocycles. The third kappa shape index (κ3) is 3.72. The average Bonchev–Trinajstić information content (AvgIpc) is 2.82. The summed E-state index contributed by atoms with van der Waals surface area (Å²) in [6.07, 6.45) is 2.26. The fraction of sp³-hybridized carbons (Fsp3) is 0.462. The van der Waals surface area contributed by atoms with Gasteiger partial charge in [0.15, 0.2) is 0 Å². The number of benzene rings is 1. The molecule has 1 heterocycles. The molecular weight excluding hydrogens is 236 g/mol. The summed E-state index contributed by atoms with van der Waals surface area (Å²) in [6.45, 7) is 2.91. The van der Waals surface area contributed by atoms with Crippen molar-refractivity contribution in [2.75, 3.05) is 19.6 Å². The van der Waals surface area contributed by atoms with Crippen LogP contribution in [0.1, 0.15) is 23.2 Å². The van der Waals surface area contributed by atoms with Gasteiger partial charge >= 0.3 is 0 Å². The lowest BCUT2D eigenvalue weighted by molar-refractivity contribution is 0.0951. The molecule has 0 spiro atoms. The van der Waals surface area contributed by atoms with E-state index in [9.17, 15) is 4.79 Å². The molecule has 1 aliphatic rings. The molecule has 1 aromatic carbocycles. The zero-order valence-electron chi connectivity index (χ0n) is 9.71. The monoisotopic (exact) mass is 252 g/mol. The number of rotatable bonds is 4. The summed E-state index contributed by atoms with van der Waals surface area (Å²) in [5.74, 6) is 0.660. The molecule has 1 fully saturated rings. The van der Waals surface area contributed by atoms with Crippen LogP contribution in [0.15, 0.2) is 24.3 Å². The van der Waals surface area contributed by atoms with Crippen LogP contribution in [0.3, 0.4) is 0 Å². The third-order valence-corrected chi connectivity index (χ3v) is 3.32. The quantitative estimate of drug-likeness (QED) is 0.861. The Bertz CT molecular complexity index is 389. The largest absolute Gasteiger partial charge is 0.352 e. The molecule has 0 aliphatic carbocycles. The Morgan fingerprint density at radius 1 is 1.53 bits per heavy atom. The molecule has 1 atom stereocenters. The minimum atomic E-state index is -0.0431. The lowest BCUT2D eigenvalue weighted by atomic mass is 10.1. The Labute approximate surface area is 107 Å². The van der Waals surface area contributed by atoms with Gasteiger partial charge in [-0.1, -0.05) is 17.7 Å². The number of halogens is 1. The fourth-order valence-corrected chi connectivity index (χ4v) is 2.27. The molecule has 1 amide bonds. The van der Waals surface area contributed by atoms with Crippen LogP contribution in [0.5, 0.6) is 0 Å². The van der Waals surface area contributed by atoms with Gasteiger partial charge in [0.05, 0.1) is 0 Å². The highest BCUT2D eigenvalue weighted by atomic mass is 35.5. The Kier molecular flexibility index (Phi) is 4.40. The van der Waals surface area contributed by atoms with E-state index in [2.05, 4.69) is 10.6 Å². The maximum Gasteiger partial charge on any atom is 0.251 e. The summed E-state index contributed by atoms with van der Waals surface area (Å²) in [7, 11) is 0. The molecule has 0 saturated carbocycles. The summed E-state index contributed by atoms with van der Waals surface area (Å²) in [6, 6.07) is 7.02. The van der Waals surface area contributed by atoms with E-state index in [1.807, 2.05) is 0 Å². The highest BCUT2D eigenvalue weighted by Crippen LogP contribution is 2.12. The van der Waals surface area contributed by atoms with Gasteiger partial charge in [-0.2, -0.15) is 0 Å². The molecule has 3 nitrogen and oxygen atoms in total. The van der Waals surface area contributed by atoms with Crippen LogP contribution in [-0.2, 0) is 0 Å². The van der Waals surface area contributed by atoms with Crippen LogP contribution in [0.25, 0.3) is 0 Å². The number of hydrogen-bond acceptors (Lipinski definition) is 2. The second-order valence-corrected chi connectivity index (χ2v) is 4.85. The number of carbonyl (C=O) groups excluding carboxylic acids is 1. The van der Waals surface area contributed by atoms with Crippen molar-refractivity contribution in [2.24, 2.45) is 5.92 Å². The Morgan fingerprint density at radius 2 is 2.41 bits per heavy atom. The molecule has 0 radical (unpaired) electrons. The number of hydrogen-bond donors (Lipinski definition) is 2. The maximum atomic E-state index is 11.8. The molecule has 4 heteroatoms. The van der Waals surface area contributed by atoms with Crippen molar-refractivity contribution in [1.82, 2.24) is 10.6 Å². The first-order chi connectivity index (χ1) is 8.25. The Balaban J connectivity index is 1.77. The summed E-state index contributed by atoms with van der Waals surface area (Å²) in [4.78, 5) is 11.8. The molecular formula is C13H17ClN2O. The zero-order chi connectivity index (χ0) is 12.1. The van der Waals surface area contributed by atoms with E-state index in [1.165, 1.54) is 6.42 Å². The standard InChI is InChI=1S/C13H17ClN2O/c14-12-3-1-2-11(8-12)13(17)16-7-5-10-4-6-15-9-10/h1-3,8,10,15H,4-7,9H2,(H,16,17). The van der Waals surface area contributed by atoms with Gasteiger partial charge in [0, 0.05) is 17.1 Å². The van der Waals surface area contributed by atoms with E-state index < -0.39 is 0 Å². The van der Waals surface area contributed by atoms with E-state index in [0.717, 1.165) is 26.1 Å². The van der Waals surface area contributed by atoms with Crippen LogP contribution in [0.4, 0.5) is 0 Å². The van der Waals surface area contributed by atoms with E-state index in [1.54, 1.807) is 24.3 Å². The molecule has 92 valence electrons. The van der Waals surface area contributed by atoms with Crippen molar-refractivity contribution in [2.45, 2.75) is 12.8 Å². The lowest BCUT2D eigenvalue weighted by Crippen LogP contribution is -2.26.